The van der Waals surface area contributed by atoms with Gasteiger partial charge in [-0.1, -0.05) is 91.8 Å². The van der Waals surface area contributed by atoms with Gasteiger partial charge in [-0.15, -0.1) is 0 Å². The first-order valence-corrected chi connectivity index (χ1v) is 14.5. The van der Waals surface area contributed by atoms with E-state index in [2.05, 4.69) is 24.3 Å². The van der Waals surface area contributed by atoms with Gasteiger partial charge in [0.2, 0.25) is 0 Å². The molecule has 0 radical (unpaired) electrons. The maximum absolute atomic E-state index is 13.1. The number of ether oxygens (including phenoxy) is 2. The second-order valence-corrected chi connectivity index (χ2v) is 10.6. The first-order chi connectivity index (χ1) is 21.4. The minimum absolute atomic E-state index is 0.0757. The van der Waals surface area contributed by atoms with Crippen molar-refractivity contribution in [3.05, 3.63) is 125 Å². The number of carboxylic acid groups (broad SMARTS) is 1. The number of carboxylic acids is 1. The minimum atomic E-state index is -1.05. The number of aromatic nitrogens is 1. The van der Waals surface area contributed by atoms with Crippen molar-refractivity contribution >= 4 is 11.9 Å². The topological polar surface area (TPSA) is 111 Å². The van der Waals surface area contributed by atoms with Crippen molar-refractivity contribution in [2.45, 2.75) is 39.9 Å². The van der Waals surface area contributed by atoms with Gasteiger partial charge in [-0.3, -0.25) is 4.79 Å². The van der Waals surface area contributed by atoms with E-state index >= 15 is 0 Å². The molecule has 44 heavy (non-hydrogen) atoms. The van der Waals surface area contributed by atoms with Crippen LogP contribution in [0.15, 0.2) is 102 Å². The van der Waals surface area contributed by atoms with Crippen LogP contribution < -0.4 is 14.8 Å². The van der Waals surface area contributed by atoms with Gasteiger partial charge in [0.25, 0.3) is 5.91 Å². The number of benzene rings is 4. The van der Waals surface area contributed by atoms with E-state index in [0.717, 1.165) is 16.7 Å². The van der Waals surface area contributed by atoms with Gasteiger partial charge in [0.15, 0.2) is 11.5 Å². The summed E-state index contributed by atoms with van der Waals surface area (Å²) in [7, 11) is 0. The van der Waals surface area contributed by atoms with Crippen LogP contribution in [0.2, 0.25) is 0 Å². The summed E-state index contributed by atoms with van der Waals surface area (Å²) in [6, 6.07) is 29.8. The molecule has 0 unspecified atom stereocenters. The second-order valence-electron chi connectivity index (χ2n) is 10.6. The fourth-order valence-corrected chi connectivity index (χ4v) is 4.84. The second kappa shape index (κ2) is 13.7. The Labute approximate surface area is 256 Å². The van der Waals surface area contributed by atoms with Gasteiger partial charge in [-0.05, 0) is 53.3 Å². The van der Waals surface area contributed by atoms with Gasteiger partial charge < -0.3 is 24.4 Å². The molecular weight excluding hydrogens is 556 g/mol. The summed E-state index contributed by atoms with van der Waals surface area (Å²) in [6.07, 6.45) is 0. The van der Waals surface area contributed by atoms with E-state index in [1.807, 2.05) is 79.7 Å². The van der Waals surface area contributed by atoms with E-state index < -0.39 is 11.9 Å². The highest BCUT2D eigenvalue weighted by Crippen LogP contribution is 2.44. The Hall–Kier alpha value is -5.37. The standard InChI is InChI=1S/C36H34N2O6/c1-4-37-35(39)33-32(26-15-17-27(18-16-26)36(40)41)34(44-38-33)29-19-28(23(2)3)30(42-21-24-11-7-5-8-12-24)20-31(29)43-22-25-13-9-6-10-14-25/h5-20,23H,4,21-22H2,1-3H3,(H,37,39)(H,40,41). The van der Waals surface area contributed by atoms with E-state index in [-0.39, 0.29) is 23.8 Å². The number of amides is 1. The number of nitrogens with zero attached hydrogens (tertiary/aromatic N) is 1. The molecule has 8 nitrogen and oxygen atoms in total. The summed E-state index contributed by atoms with van der Waals surface area (Å²) in [6.45, 7) is 7.03. The van der Waals surface area contributed by atoms with Crippen LogP contribution in [0.3, 0.4) is 0 Å². The quantitative estimate of drug-likeness (QED) is 0.153. The lowest BCUT2D eigenvalue weighted by Gasteiger charge is -2.19. The molecule has 1 amide bonds. The van der Waals surface area contributed by atoms with E-state index in [0.29, 0.717) is 47.1 Å². The molecule has 0 aliphatic rings. The Morgan fingerprint density at radius 3 is 1.98 bits per heavy atom. The number of carbonyl (C=O) groups is 2. The van der Waals surface area contributed by atoms with E-state index in [9.17, 15) is 14.7 Å². The predicted molar refractivity (Wildman–Crippen MR) is 168 cm³/mol. The third-order valence-corrected chi connectivity index (χ3v) is 7.12. The summed E-state index contributed by atoms with van der Waals surface area (Å²) in [5, 5.41) is 16.4. The van der Waals surface area contributed by atoms with E-state index in [1.165, 1.54) is 12.1 Å². The molecule has 0 bridgehead atoms. The van der Waals surface area contributed by atoms with Crippen molar-refractivity contribution in [1.29, 1.82) is 0 Å². The van der Waals surface area contributed by atoms with Crippen LogP contribution in [-0.4, -0.2) is 28.7 Å². The molecular formula is C36H34N2O6. The monoisotopic (exact) mass is 590 g/mol. The molecule has 8 heteroatoms. The van der Waals surface area contributed by atoms with Crippen molar-refractivity contribution in [1.82, 2.24) is 10.5 Å². The number of aromatic carboxylic acids is 1. The van der Waals surface area contributed by atoms with Crippen molar-refractivity contribution < 1.29 is 28.7 Å². The fourth-order valence-electron chi connectivity index (χ4n) is 4.84. The summed E-state index contributed by atoms with van der Waals surface area (Å²) in [5.41, 5.74) is 4.76. The van der Waals surface area contributed by atoms with Crippen LogP contribution in [0.1, 0.15) is 64.2 Å². The molecule has 0 fully saturated rings. The third-order valence-electron chi connectivity index (χ3n) is 7.12. The van der Waals surface area contributed by atoms with Crippen LogP contribution >= 0.6 is 0 Å². The lowest BCUT2D eigenvalue weighted by molar-refractivity contribution is 0.0696. The van der Waals surface area contributed by atoms with E-state index in [4.69, 9.17) is 14.0 Å². The first-order valence-electron chi connectivity index (χ1n) is 14.5. The zero-order valence-corrected chi connectivity index (χ0v) is 24.9. The molecule has 224 valence electrons. The Morgan fingerprint density at radius 1 is 0.841 bits per heavy atom. The minimum Gasteiger partial charge on any atom is -0.488 e. The smallest absolute Gasteiger partial charge is 0.335 e. The highest BCUT2D eigenvalue weighted by Gasteiger charge is 2.28. The predicted octanol–water partition coefficient (Wildman–Crippen LogP) is 7.74. The summed E-state index contributed by atoms with van der Waals surface area (Å²) in [4.78, 5) is 24.7. The highest BCUT2D eigenvalue weighted by molar-refractivity contribution is 6.03. The van der Waals surface area contributed by atoms with Crippen LogP contribution in [0.5, 0.6) is 11.5 Å². The molecule has 0 spiro atoms. The number of rotatable bonds is 12. The largest absolute Gasteiger partial charge is 0.488 e. The molecule has 0 saturated carbocycles. The van der Waals surface area contributed by atoms with Gasteiger partial charge in [0.05, 0.1) is 16.7 Å². The molecule has 5 rings (SSSR count). The van der Waals surface area contributed by atoms with Gasteiger partial charge in [0.1, 0.15) is 24.7 Å². The first kappa shape index (κ1) is 30.1. The Bertz CT molecular complexity index is 1730. The number of hydrogen-bond acceptors (Lipinski definition) is 6. The number of carbonyl (C=O) groups excluding carboxylic acids is 1. The highest BCUT2D eigenvalue weighted by atomic mass is 16.5. The van der Waals surface area contributed by atoms with Gasteiger partial charge in [-0.2, -0.15) is 0 Å². The normalized spacial score (nSPS) is 10.9. The molecule has 1 aromatic heterocycles. The number of hydrogen-bond donors (Lipinski definition) is 2. The zero-order chi connectivity index (χ0) is 31.1. The van der Waals surface area contributed by atoms with Crippen molar-refractivity contribution in [3.8, 4) is 33.9 Å². The van der Waals surface area contributed by atoms with Crippen LogP contribution in [0, 0.1) is 0 Å². The lowest BCUT2D eigenvalue weighted by atomic mass is 9.93. The molecule has 0 saturated heterocycles. The SMILES string of the molecule is CCNC(=O)c1noc(-c2cc(C(C)C)c(OCc3ccccc3)cc2OCc2ccccc2)c1-c1ccc(C(=O)O)cc1. The molecule has 1 heterocycles. The average molecular weight is 591 g/mol. The van der Waals surface area contributed by atoms with Gasteiger partial charge in [-0.25, -0.2) is 4.79 Å². The van der Waals surface area contributed by atoms with Crippen LogP contribution in [-0.2, 0) is 13.2 Å². The summed E-state index contributed by atoms with van der Waals surface area (Å²) < 4.78 is 18.7. The Balaban J connectivity index is 1.66. The van der Waals surface area contributed by atoms with Crippen molar-refractivity contribution in [3.63, 3.8) is 0 Å². The zero-order valence-electron chi connectivity index (χ0n) is 24.9. The lowest BCUT2D eigenvalue weighted by Crippen LogP contribution is -2.23. The van der Waals surface area contributed by atoms with Gasteiger partial charge >= 0.3 is 5.97 Å². The van der Waals surface area contributed by atoms with Crippen molar-refractivity contribution in [2.24, 2.45) is 0 Å². The van der Waals surface area contributed by atoms with Crippen LogP contribution in [0.25, 0.3) is 22.5 Å². The fraction of sp³-hybridized carbons (Fsp3) is 0.194. The Kier molecular flexibility index (Phi) is 9.40. The summed E-state index contributed by atoms with van der Waals surface area (Å²) >= 11 is 0. The number of nitrogens with one attached hydrogen (secondary N) is 1. The summed E-state index contributed by atoms with van der Waals surface area (Å²) in [5.74, 6) is 0.115. The molecule has 4 aromatic carbocycles. The third kappa shape index (κ3) is 6.81. The van der Waals surface area contributed by atoms with Gasteiger partial charge in [0, 0.05) is 12.6 Å². The maximum atomic E-state index is 13.1. The average Bonchev–Trinajstić information content (AvgIpc) is 3.49. The molecule has 2 N–H and O–H groups in total. The molecule has 5 aromatic rings. The Morgan fingerprint density at radius 2 is 1.43 bits per heavy atom. The molecule has 0 aliphatic carbocycles. The molecule has 0 aliphatic heterocycles. The molecule has 0 atom stereocenters. The maximum Gasteiger partial charge on any atom is 0.335 e. The van der Waals surface area contributed by atoms with Crippen molar-refractivity contribution in [2.75, 3.05) is 6.54 Å². The van der Waals surface area contributed by atoms with Crippen LogP contribution in [0.4, 0.5) is 0 Å². The van der Waals surface area contributed by atoms with E-state index in [1.54, 1.807) is 12.1 Å².